The SMILES string of the molecule is C=C(N(C)Cc1ccccc1CNC)C(C)(CC)CC(C)CC. The molecule has 1 aromatic rings. The van der Waals surface area contributed by atoms with Crippen LogP contribution in [-0.2, 0) is 13.1 Å². The zero-order valence-electron chi connectivity index (χ0n) is 16.1. The van der Waals surface area contributed by atoms with Gasteiger partial charge in [0.2, 0.25) is 0 Å². The van der Waals surface area contributed by atoms with Crippen LogP contribution in [0.25, 0.3) is 0 Å². The Hall–Kier alpha value is -1.28. The molecule has 23 heavy (non-hydrogen) atoms. The Bertz CT molecular complexity index is 494. The van der Waals surface area contributed by atoms with Crippen LogP contribution in [0.1, 0.15) is 58.1 Å². The van der Waals surface area contributed by atoms with Crippen molar-refractivity contribution in [1.82, 2.24) is 10.2 Å². The molecule has 0 aliphatic carbocycles. The Balaban J connectivity index is 2.87. The first-order chi connectivity index (χ1) is 10.9. The summed E-state index contributed by atoms with van der Waals surface area (Å²) in [5.74, 6) is 0.738. The second-order valence-corrected chi connectivity index (χ2v) is 7.23. The lowest BCUT2D eigenvalue weighted by molar-refractivity contribution is 0.213. The minimum Gasteiger partial charge on any atom is -0.374 e. The second kappa shape index (κ2) is 9.12. The standard InChI is InChI=1S/C21H36N2/c1-8-17(3)14-21(5,9-2)18(4)23(7)16-20-13-11-10-12-19(20)15-22-6/h10-13,17,22H,4,8-9,14-16H2,1-3,5-7H3. The number of rotatable bonds is 10. The highest BCUT2D eigenvalue weighted by atomic mass is 15.1. The average Bonchev–Trinajstić information content (AvgIpc) is 2.55. The van der Waals surface area contributed by atoms with Crippen molar-refractivity contribution < 1.29 is 0 Å². The van der Waals surface area contributed by atoms with Gasteiger partial charge in [0, 0.05) is 31.2 Å². The van der Waals surface area contributed by atoms with E-state index < -0.39 is 0 Å². The van der Waals surface area contributed by atoms with Crippen molar-refractivity contribution in [2.75, 3.05) is 14.1 Å². The molecule has 1 N–H and O–H groups in total. The Morgan fingerprint density at radius 1 is 1.26 bits per heavy atom. The van der Waals surface area contributed by atoms with E-state index in [1.165, 1.54) is 29.7 Å². The molecule has 130 valence electrons. The smallest absolute Gasteiger partial charge is 0.0426 e. The molecular formula is C21H36N2. The van der Waals surface area contributed by atoms with Crippen LogP contribution >= 0.6 is 0 Å². The number of hydrogen-bond donors (Lipinski definition) is 1. The number of nitrogens with one attached hydrogen (secondary N) is 1. The molecule has 2 heteroatoms. The van der Waals surface area contributed by atoms with Crippen molar-refractivity contribution in [2.45, 2.75) is 60.0 Å². The predicted octanol–water partition coefficient (Wildman–Crippen LogP) is 5.20. The number of benzene rings is 1. The monoisotopic (exact) mass is 316 g/mol. The molecule has 0 radical (unpaired) electrons. The predicted molar refractivity (Wildman–Crippen MR) is 102 cm³/mol. The van der Waals surface area contributed by atoms with E-state index in [0.717, 1.165) is 25.4 Å². The Morgan fingerprint density at radius 2 is 1.87 bits per heavy atom. The van der Waals surface area contributed by atoms with Crippen LogP contribution in [0.4, 0.5) is 0 Å². The summed E-state index contributed by atoms with van der Waals surface area (Å²) in [5, 5.41) is 3.26. The van der Waals surface area contributed by atoms with Gasteiger partial charge in [0.1, 0.15) is 0 Å². The first kappa shape index (κ1) is 19.8. The fourth-order valence-corrected chi connectivity index (χ4v) is 3.27. The van der Waals surface area contributed by atoms with Gasteiger partial charge >= 0.3 is 0 Å². The van der Waals surface area contributed by atoms with Gasteiger partial charge < -0.3 is 10.2 Å². The average molecular weight is 317 g/mol. The van der Waals surface area contributed by atoms with Gasteiger partial charge in [0.15, 0.2) is 0 Å². The maximum Gasteiger partial charge on any atom is 0.0426 e. The van der Waals surface area contributed by atoms with Gasteiger partial charge in [-0.25, -0.2) is 0 Å². The van der Waals surface area contributed by atoms with Crippen LogP contribution in [0.5, 0.6) is 0 Å². The quantitative estimate of drug-likeness (QED) is 0.638. The number of allylic oxidation sites excluding steroid dienone is 1. The van der Waals surface area contributed by atoms with Crippen molar-refractivity contribution >= 4 is 0 Å². The first-order valence-corrected chi connectivity index (χ1v) is 8.99. The third kappa shape index (κ3) is 5.39. The minimum atomic E-state index is 0.183. The van der Waals surface area contributed by atoms with Gasteiger partial charge in [0.05, 0.1) is 0 Å². The summed E-state index contributed by atoms with van der Waals surface area (Å²) in [7, 11) is 4.18. The fraction of sp³-hybridized carbons (Fsp3) is 0.619. The van der Waals surface area contributed by atoms with Crippen molar-refractivity contribution in [1.29, 1.82) is 0 Å². The van der Waals surface area contributed by atoms with Crippen molar-refractivity contribution in [3.05, 3.63) is 47.7 Å². The Kier molecular flexibility index (Phi) is 7.84. The van der Waals surface area contributed by atoms with Crippen LogP contribution in [0.15, 0.2) is 36.5 Å². The van der Waals surface area contributed by atoms with Gasteiger partial charge in [-0.15, -0.1) is 0 Å². The Morgan fingerprint density at radius 3 is 2.39 bits per heavy atom. The lowest BCUT2D eigenvalue weighted by Gasteiger charge is -2.38. The second-order valence-electron chi connectivity index (χ2n) is 7.23. The molecule has 0 amide bonds. The van der Waals surface area contributed by atoms with E-state index in [4.69, 9.17) is 0 Å². The van der Waals surface area contributed by atoms with Crippen LogP contribution < -0.4 is 5.32 Å². The van der Waals surface area contributed by atoms with E-state index >= 15 is 0 Å². The summed E-state index contributed by atoms with van der Waals surface area (Å²) in [6.45, 7) is 15.6. The number of nitrogens with zero attached hydrogens (tertiary/aromatic N) is 1. The molecule has 0 saturated heterocycles. The summed E-state index contributed by atoms with van der Waals surface area (Å²) in [4.78, 5) is 2.35. The van der Waals surface area contributed by atoms with E-state index in [2.05, 4.69) is 75.8 Å². The zero-order chi connectivity index (χ0) is 17.5. The highest BCUT2D eigenvalue weighted by Gasteiger charge is 2.29. The van der Waals surface area contributed by atoms with Gasteiger partial charge in [0.25, 0.3) is 0 Å². The molecule has 0 saturated carbocycles. The molecule has 0 fully saturated rings. The first-order valence-electron chi connectivity index (χ1n) is 8.99. The summed E-state index contributed by atoms with van der Waals surface area (Å²) in [6.07, 6.45) is 3.58. The summed E-state index contributed by atoms with van der Waals surface area (Å²) >= 11 is 0. The molecule has 1 aromatic carbocycles. The highest BCUT2D eigenvalue weighted by molar-refractivity contribution is 5.27. The van der Waals surface area contributed by atoms with E-state index in [9.17, 15) is 0 Å². The minimum absolute atomic E-state index is 0.183. The fourth-order valence-electron chi connectivity index (χ4n) is 3.27. The van der Waals surface area contributed by atoms with Gasteiger partial charge in [-0.3, -0.25) is 0 Å². The van der Waals surface area contributed by atoms with Crippen LogP contribution in [0.3, 0.4) is 0 Å². The molecule has 2 nitrogen and oxygen atoms in total. The molecule has 0 heterocycles. The molecule has 0 bridgehead atoms. The molecule has 0 spiro atoms. The Labute approximate surface area is 144 Å². The van der Waals surface area contributed by atoms with Gasteiger partial charge in [-0.05, 0) is 36.9 Å². The largest absolute Gasteiger partial charge is 0.374 e. The molecule has 0 aliphatic rings. The van der Waals surface area contributed by atoms with Gasteiger partial charge in [-0.2, -0.15) is 0 Å². The maximum atomic E-state index is 4.47. The third-order valence-electron chi connectivity index (χ3n) is 5.33. The van der Waals surface area contributed by atoms with E-state index in [-0.39, 0.29) is 5.41 Å². The van der Waals surface area contributed by atoms with Crippen LogP contribution in [0, 0.1) is 11.3 Å². The topological polar surface area (TPSA) is 15.3 Å². The lowest BCUT2D eigenvalue weighted by atomic mass is 9.75. The molecule has 2 atom stereocenters. The highest BCUT2D eigenvalue weighted by Crippen LogP contribution is 2.39. The summed E-state index contributed by atoms with van der Waals surface area (Å²) < 4.78 is 0. The van der Waals surface area contributed by atoms with Gasteiger partial charge in [-0.1, -0.05) is 65.0 Å². The number of hydrogen-bond acceptors (Lipinski definition) is 2. The van der Waals surface area contributed by atoms with Crippen LogP contribution in [-0.4, -0.2) is 19.0 Å². The summed E-state index contributed by atoms with van der Waals surface area (Å²) in [6, 6.07) is 8.68. The molecule has 0 aromatic heterocycles. The summed E-state index contributed by atoms with van der Waals surface area (Å²) in [5.41, 5.74) is 4.20. The van der Waals surface area contributed by atoms with Crippen molar-refractivity contribution in [3.63, 3.8) is 0 Å². The van der Waals surface area contributed by atoms with E-state index in [1.54, 1.807) is 0 Å². The molecular weight excluding hydrogens is 280 g/mol. The molecule has 0 aliphatic heterocycles. The van der Waals surface area contributed by atoms with Crippen LogP contribution in [0.2, 0.25) is 0 Å². The van der Waals surface area contributed by atoms with E-state index in [0.29, 0.717) is 0 Å². The molecule has 1 rings (SSSR count). The van der Waals surface area contributed by atoms with Crippen molar-refractivity contribution in [2.24, 2.45) is 11.3 Å². The zero-order valence-corrected chi connectivity index (χ0v) is 16.1. The maximum absolute atomic E-state index is 4.47. The molecule has 2 unspecified atom stereocenters. The lowest BCUT2D eigenvalue weighted by Crippen LogP contribution is -2.31. The normalized spacial score (nSPS) is 15.0. The van der Waals surface area contributed by atoms with E-state index in [1.807, 2.05) is 7.05 Å². The van der Waals surface area contributed by atoms with Crippen molar-refractivity contribution in [3.8, 4) is 0 Å². The third-order valence-corrected chi connectivity index (χ3v) is 5.33.